The standard InChI is InChI=1S/C44H42Cl2N8/c1-51-25-9-5-13-35(51)40-29-17-18-31(47-29)41(36-14-6-10-26-52(36)2)33-21-22-38(49-33)44(46,39-16-8-12-28-54(39)4)43(45)24-23-34(50-43)42(32-20-19-30(40)48-32)37-15-7-11-27-53(37)3/h5-24,47,49H,25-28H2,1-4H3. The molecule has 8 bridgehead atoms. The predicted octanol–water partition coefficient (Wildman–Crippen LogP) is 5.89. The van der Waals surface area contributed by atoms with Gasteiger partial charge < -0.3 is 29.6 Å². The van der Waals surface area contributed by atoms with Crippen molar-refractivity contribution >= 4 is 45.8 Å². The minimum Gasteiger partial charge on any atom is -0.372 e. The van der Waals surface area contributed by atoms with Gasteiger partial charge in [-0.15, -0.1) is 11.6 Å². The van der Waals surface area contributed by atoms with E-state index in [9.17, 15) is 0 Å². The minimum absolute atomic E-state index is 0.690. The number of halogens is 2. The number of rotatable bonds is 4. The number of aliphatic imine (C=N–C) groups is 2. The molecule has 8 nitrogen and oxygen atoms in total. The first-order valence-electron chi connectivity index (χ1n) is 18.3. The van der Waals surface area contributed by atoms with Gasteiger partial charge in [0.2, 0.25) is 0 Å². The summed E-state index contributed by atoms with van der Waals surface area (Å²) in [5, 5.41) is 1.93. The molecular weight excluding hydrogens is 711 g/mol. The Morgan fingerprint density at radius 2 is 1.17 bits per heavy atom. The van der Waals surface area contributed by atoms with E-state index in [0.717, 1.165) is 98.3 Å². The van der Waals surface area contributed by atoms with E-state index < -0.39 is 9.87 Å². The van der Waals surface area contributed by atoms with Gasteiger partial charge in [0.15, 0.2) is 9.87 Å². The summed E-state index contributed by atoms with van der Waals surface area (Å²) in [6, 6.07) is 8.51. The Hall–Kier alpha value is -5.44. The molecule has 2 atom stereocenters. The quantitative estimate of drug-likeness (QED) is 0.302. The van der Waals surface area contributed by atoms with Gasteiger partial charge in [-0.05, 0) is 72.9 Å². The maximum absolute atomic E-state index is 8.11. The fourth-order valence-corrected chi connectivity index (χ4v) is 8.96. The molecule has 0 spiro atoms. The van der Waals surface area contributed by atoms with Crippen LogP contribution < -0.4 is 10.7 Å². The molecule has 2 aromatic heterocycles. The lowest BCUT2D eigenvalue weighted by atomic mass is 9.89. The molecule has 272 valence electrons. The van der Waals surface area contributed by atoms with E-state index in [4.69, 9.17) is 33.2 Å². The summed E-state index contributed by atoms with van der Waals surface area (Å²) < 4.78 is 0. The first-order chi connectivity index (χ1) is 26.2. The predicted molar refractivity (Wildman–Crippen MR) is 222 cm³/mol. The summed E-state index contributed by atoms with van der Waals surface area (Å²) >= 11 is 16.0. The van der Waals surface area contributed by atoms with Crippen molar-refractivity contribution in [1.82, 2.24) is 29.6 Å². The molecule has 0 aliphatic carbocycles. The van der Waals surface area contributed by atoms with Crippen LogP contribution in [0.15, 0.2) is 166 Å². The van der Waals surface area contributed by atoms with Gasteiger partial charge in [0, 0.05) is 105 Å². The zero-order chi connectivity index (χ0) is 37.2. The van der Waals surface area contributed by atoms with E-state index in [1.54, 1.807) is 0 Å². The van der Waals surface area contributed by atoms with Crippen LogP contribution in [0.25, 0.3) is 11.1 Å². The van der Waals surface area contributed by atoms with E-state index >= 15 is 0 Å². The van der Waals surface area contributed by atoms with Gasteiger partial charge in [-0.3, -0.25) is 4.99 Å². The highest BCUT2D eigenvalue weighted by molar-refractivity contribution is 6.39. The molecule has 0 amide bonds. The third-order valence-electron chi connectivity index (χ3n) is 11.0. The highest BCUT2D eigenvalue weighted by Crippen LogP contribution is 2.54. The maximum Gasteiger partial charge on any atom is 0.183 e. The van der Waals surface area contributed by atoms with Gasteiger partial charge in [0.25, 0.3) is 0 Å². The molecule has 0 saturated carbocycles. The van der Waals surface area contributed by atoms with Crippen molar-refractivity contribution in [3.63, 3.8) is 0 Å². The molecule has 10 heteroatoms. The Labute approximate surface area is 325 Å². The van der Waals surface area contributed by atoms with Gasteiger partial charge in [0.1, 0.15) is 0 Å². The number of hydrogen-bond acceptors (Lipinski definition) is 6. The van der Waals surface area contributed by atoms with Crippen LogP contribution in [0.1, 0.15) is 11.4 Å². The number of H-pyrrole nitrogens is 2. The summed E-state index contributed by atoms with van der Waals surface area (Å²) in [6.45, 7) is 3.03. The van der Waals surface area contributed by atoms with Crippen molar-refractivity contribution in [3.8, 4) is 0 Å². The Bertz CT molecular complexity index is 2500. The molecule has 2 unspecified atom stereocenters. The SMILES string of the molecule is CN1CC=CC=C1C1=C2C=CC(=N2)C(C2=CC=CCN2C)=c2ccc([nH]2)=C(C2=CC=CCN2C)c2ccc([nH]2)C(Cl)(C2=CC=CCN2C)C2(Cl)C=CC1=N2. The second-order valence-corrected chi connectivity index (χ2v) is 15.7. The average molecular weight is 754 g/mol. The Morgan fingerprint density at radius 1 is 0.593 bits per heavy atom. The van der Waals surface area contributed by atoms with E-state index in [-0.39, 0.29) is 0 Å². The van der Waals surface area contributed by atoms with E-state index in [0.29, 0.717) is 6.54 Å². The van der Waals surface area contributed by atoms with Gasteiger partial charge >= 0.3 is 0 Å². The van der Waals surface area contributed by atoms with Gasteiger partial charge in [-0.25, -0.2) is 4.99 Å². The lowest BCUT2D eigenvalue weighted by molar-refractivity contribution is 0.372. The lowest BCUT2D eigenvalue weighted by Crippen LogP contribution is -2.47. The molecule has 9 heterocycles. The number of aromatic amines is 2. The van der Waals surface area contributed by atoms with Crippen LogP contribution in [0.3, 0.4) is 0 Å². The molecule has 7 aliphatic rings. The van der Waals surface area contributed by atoms with Gasteiger partial charge in [-0.1, -0.05) is 60.2 Å². The van der Waals surface area contributed by atoms with Crippen LogP contribution in [0.2, 0.25) is 0 Å². The van der Waals surface area contributed by atoms with E-state index in [1.807, 2.05) is 31.4 Å². The number of nitrogens with zero attached hydrogens (tertiary/aromatic N) is 6. The second-order valence-electron chi connectivity index (χ2n) is 14.5. The van der Waals surface area contributed by atoms with Gasteiger partial charge in [-0.2, -0.15) is 0 Å². The molecule has 0 aromatic carbocycles. The first-order valence-corrected chi connectivity index (χ1v) is 19.1. The van der Waals surface area contributed by atoms with Crippen molar-refractivity contribution in [3.05, 3.63) is 178 Å². The van der Waals surface area contributed by atoms with Crippen LogP contribution in [0.4, 0.5) is 0 Å². The number of aromatic nitrogens is 2. The summed E-state index contributed by atoms with van der Waals surface area (Å²) in [6.07, 6.45) is 33.6. The molecular formula is C44H42Cl2N8. The zero-order valence-electron chi connectivity index (χ0n) is 30.8. The number of fused-ring (bicyclic) bond motifs is 6. The van der Waals surface area contributed by atoms with Crippen molar-refractivity contribution in [2.75, 3.05) is 54.4 Å². The number of hydrogen-bond donors (Lipinski definition) is 2. The Morgan fingerprint density at radius 3 is 1.80 bits per heavy atom. The van der Waals surface area contributed by atoms with Crippen molar-refractivity contribution in [1.29, 1.82) is 0 Å². The first kappa shape index (κ1) is 34.3. The molecule has 0 radical (unpaired) electrons. The Balaban J connectivity index is 1.41. The third kappa shape index (κ3) is 5.42. The molecule has 54 heavy (non-hydrogen) atoms. The highest BCUT2D eigenvalue weighted by atomic mass is 35.5. The zero-order valence-corrected chi connectivity index (χ0v) is 32.3. The van der Waals surface area contributed by atoms with E-state index in [1.165, 1.54) is 0 Å². The minimum atomic E-state index is -1.40. The van der Waals surface area contributed by atoms with Crippen molar-refractivity contribution < 1.29 is 0 Å². The molecule has 2 N–H and O–H groups in total. The van der Waals surface area contributed by atoms with E-state index in [2.05, 4.69) is 148 Å². The smallest absolute Gasteiger partial charge is 0.183 e. The molecule has 9 rings (SSSR count). The van der Waals surface area contributed by atoms with Crippen LogP contribution in [0, 0.1) is 0 Å². The summed E-state index contributed by atoms with van der Waals surface area (Å²) in [4.78, 5) is 24.6. The Kier molecular flexibility index (Phi) is 8.36. The normalized spacial score (nSPS) is 26.1. The molecule has 2 aromatic rings. The number of likely N-dealkylation sites (N-methyl/N-ethyl adjacent to an activating group) is 4. The van der Waals surface area contributed by atoms with Gasteiger partial charge in [0.05, 0.1) is 27.8 Å². The number of allylic oxidation sites excluding steroid dienone is 14. The summed E-state index contributed by atoms with van der Waals surface area (Å²) in [5.41, 5.74) is 11.0. The van der Waals surface area contributed by atoms with Crippen LogP contribution >= 0.6 is 23.2 Å². The van der Waals surface area contributed by atoms with Crippen LogP contribution in [0.5, 0.6) is 0 Å². The lowest BCUT2D eigenvalue weighted by Gasteiger charge is -2.42. The fraction of sp³-hybridized carbons (Fsp3) is 0.227. The topological polar surface area (TPSA) is 69.3 Å². The molecule has 0 saturated heterocycles. The average Bonchev–Trinajstić information content (AvgIpc) is 4.01. The fourth-order valence-electron chi connectivity index (χ4n) is 8.18. The summed E-state index contributed by atoms with van der Waals surface area (Å²) in [7, 11) is 8.38. The monoisotopic (exact) mass is 752 g/mol. The molecule has 0 fully saturated rings. The number of nitrogens with one attached hydrogen (secondary N) is 2. The maximum atomic E-state index is 8.11. The van der Waals surface area contributed by atoms with Crippen LogP contribution in [-0.2, 0) is 4.87 Å². The van der Waals surface area contributed by atoms with Crippen LogP contribution in [-0.4, -0.2) is 100 Å². The third-order valence-corrected chi connectivity index (χ3v) is 12.3. The highest BCUT2D eigenvalue weighted by Gasteiger charge is 2.56. The second kappa shape index (κ2) is 13.1. The van der Waals surface area contributed by atoms with Crippen molar-refractivity contribution in [2.24, 2.45) is 9.98 Å². The molecule has 7 aliphatic heterocycles. The number of alkyl halides is 2. The largest absolute Gasteiger partial charge is 0.372 e. The van der Waals surface area contributed by atoms with Crippen molar-refractivity contribution in [2.45, 2.75) is 9.87 Å². The summed E-state index contributed by atoms with van der Waals surface area (Å²) in [5.74, 6) is 0.